The van der Waals surface area contributed by atoms with Gasteiger partial charge in [-0.1, -0.05) is 62.4 Å². The summed E-state index contributed by atoms with van der Waals surface area (Å²) in [6, 6.07) is 10.6. The highest BCUT2D eigenvalue weighted by Crippen LogP contribution is 2.38. The molecule has 0 heterocycles. The molecule has 0 radical (unpaired) electrons. The van der Waals surface area contributed by atoms with Crippen LogP contribution in [0.1, 0.15) is 49.2 Å². The Hall–Kier alpha value is -3.18. The van der Waals surface area contributed by atoms with Gasteiger partial charge in [0.15, 0.2) is 11.8 Å². The molecule has 0 aliphatic rings. The molecule has 2 aromatic rings. The van der Waals surface area contributed by atoms with Gasteiger partial charge in [-0.2, -0.15) is 18.4 Å². The fraction of sp³-hybridized carbons (Fsp3) is 0.375. The van der Waals surface area contributed by atoms with Crippen molar-refractivity contribution in [3.05, 3.63) is 59.7 Å². The molecule has 0 bridgehead atoms. The van der Waals surface area contributed by atoms with Crippen molar-refractivity contribution in [2.75, 3.05) is 6.54 Å². The summed E-state index contributed by atoms with van der Waals surface area (Å²) in [5.74, 6) is -0.986. The normalized spacial score (nSPS) is 13.3. The molecule has 1 amide bonds. The number of Topliss-reactive ketones (excluding diaryl/α,β-unsaturated/α-hetero) is 1. The fourth-order valence-corrected chi connectivity index (χ4v) is 3.50. The zero-order valence-electron chi connectivity index (χ0n) is 18.2. The first kappa shape index (κ1) is 25.1. The third-order valence-corrected chi connectivity index (χ3v) is 5.04. The second kappa shape index (κ2) is 10.4. The van der Waals surface area contributed by atoms with Gasteiger partial charge in [0.05, 0.1) is 12.1 Å². The zero-order valence-corrected chi connectivity index (χ0v) is 18.2. The summed E-state index contributed by atoms with van der Waals surface area (Å²) in [6.07, 6.45) is -4.59. The Balaban J connectivity index is 2.40. The number of ketones is 1. The number of hydrogen-bond acceptors (Lipinski definition) is 4. The van der Waals surface area contributed by atoms with Crippen LogP contribution in [-0.2, 0) is 4.79 Å². The lowest BCUT2D eigenvalue weighted by Crippen LogP contribution is -2.49. The third kappa shape index (κ3) is 6.17. The van der Waals surface area contributed by atoms with E-state index in [-0.39, 0.29) is 23.7 Å². The van der Waals surface area contributed by atoms with Crippen molar-refractivity contribution in [3.8, 4) is 17.2 Å². The Morgan fingerprint density at radius 3 is 1.94 bits per heavy atom. The van der Waals surface area contributed by atoms with Crippen LogP contribution >= 0.6 is 0 Å². The molecule has 0 saturated heterocycles. The molecule has 170 valence electrons. The molecular formula is C24H26F3N3O2. The first-order chi connectivity index (χ1) is 15.0. The van der Waals surface area contributed by atoms with Crippen LogP contribution in [0.2, 0.25) is 0 Å². The van der Waals surface area contributed by atoms with E-state index in [0.717, 1.165) is 5.56 Å². The molecule has 2 atom stereocenters. The van der Waals surface area contributed by atoms with Gasteiger partial charge < -0.3 is 10.6 Å². The van der Waals surface area contributed by atoms with Crippen molar-refractivity contribution in [1.82, 2.24) is 4.90 Å². The second-order valence-electron chi connectivity index (χ2n) is 8.06. The Morgan fingerprint density at radius 1 is 1.03 bits per heavy atom. The number of alkyl halides is 3. The Labute approximate surface area is 185 Å². The van der Waals surface area contributed by atoms with Crippen molar-refractivity contribution in [2.45, 2.75) is 45.5 Å². The number of nitrogens with zero attached hydrogens (tertiary/aromatic N) is 2. The summed E-state index contributed by atoms with van der Waals surface area (Å²) in [4.78, 5) is 24.6. The molecule has 2 aromatic carbocycles. The van der Waals surface area contributed by atoms with Crippen LogP contribution in [0.5, 0.6) is 0 Å². The standard InChI is InChI=1S/C24H26F3N3O2/c1-15(2)14-21(29)23(32)30(13-12-28)22(24(25,26)27)20-10-8-19(9-11-20)18-6-4-17(5-7-18)16(3)31/h4-11,15,21-22H,13-14,29H2,1-3H3/t21-,22-/m0/s1. The van der Waals surface area contributed by atoms with Crippen LogP contribution in [0.15, 0.2) is 48.5 Å². The number of amides is 1. The smallest absolute Gasteiger partial charge is 0.320 e. The number of carbonyl (C=O) groups is 2. The van der Waals surface area contributed by atoms with Gasteiger partial charge in [-0.05, 0) is 36.0 Å². The third-order valence-electron chi connectivity index (χ3n) is 5.04. The molecular weight excluding hydrogens is 419 g/mol. The lowest BCUT2D eigenvalue weighted by molar-refractivity contribution is -0.191. The lowest BCUT2D eigenvalue weighted by atomic mass is 9.97. The first-order valence-electron chi connectivity index (χ1n) is 10.2. The Kier molecular flexibility index (Phi) is 8.17. The summed E-state index contributed by atoms with van der Waals surface area (Å²) in [7, 11) is 0. The van der Waals surface area contributed by atoms with E-state index in [4.69, 9.17) is 11.0 Å². The molecule has 0 saturated carbocycles. The summed E-state index contributed by atoms with van der Waals surface area (Å²) in [5.41, 5.74) is 7.60. The fourth-order valence-electron chi connectivity index (χ4n) is 3.50. The molecule has 0 spiro atoms. The van der Waals surface area contributed by atoms with Crippen LogP contribution in [0.4, 0.5) is 13.2 Å². The monoisotopic (exact) mass is 445 g/mol. The average Bonchev–Trinajstić information content (AvgIpc) is 2.72. The number of benzene rings is 2. The number of nitrogens with two attached hydrogens (primary N) is 1. The van der Waals surface area contributed by atoms with Gasteiger partial charge in [0.25, 0.3) is 0 Å². The highest BCUT2D eigenvalue weighted by Gasteiger charge is 2.47. The number of halogens is 3. The average molecular weight is 445 g/mol. The van der Waals surface area contributed by atoms with Crippen LogP contribution in [0.25, 0.3) is 11.1 Å². The van der Waals surface area contributed by atoms with Gasteiger partial charge in [-0.15, -0.1) is 0 Å². The van der Waals surface area contributed by atoms with E-state index in [1.165, 1.54) is 31.2 Å². The number of nitriles is 1. The van der Waals surface area contributed by atoms with E-state index in [9.17, 15) is 22.8 Å². The molecule has 8 heteroatoms. The van der Waals surface area contributed by atoms with Gasteiger partial charge in [0.2, 0.25) is 5.91 Å². The van der Waals surface area contributed by atoms with Crippen molar-refractivity contribution in [2.24, 2.45) is 11.7 Å². The SMILES string of the molecule is CC(=O)c1ccc(-c2ccc([C@H](N(CC#N)C(=O)[C@@H](N)CC(C)C)C(F)(F)F)cc2)cc1. The molecule has 0 unspecified atom stereocenters. The first-order valence-corrected chi connectivity index (χ1v) is 10.2. The maximum Gasteiger partial charge on any atom is 0.413 e. The summed E-state index contributed by atoms with van der Waals surface area (Å²) >= 11 is 0. The minimum atomic E-state index is -4.80. The molecule has 0 fully saturated rings. The van der Waals surface area contributed by atoms with E-state index >= 15 is 0 Å². The largest absolute Gasteiger partial charge is 0.413 e. The van der Waals surface area contributed by atoms with Crippen LogP contribution < -0.4 is 5.73 Å². The maximum atomic E-state index is 14.0. The van der Waals surface area contributed by atoms with E-state index in [1.54, 1.807) is 30.3 Å². The highest BCUT2D eigenvalue weighted by atomic mass is 19.4. The van der Waals surface area contributed by atoms with Crippen molar-refractivity contribution < 1.29 is 22.8 Å². The molecule has 32 heavy (non-hydrogen) atoms. The van der Waals surface area contributed by atoms with Crippen molar-refractivity contribution in [3.63, 3.8) is 0 Å². The van der Waals surface area contributed by atoms with Gasteiger partial charge in [0.1, 0.15) is 6.54 Å². The van der Waals surface area contributed by atoms with Crippen LogP contribution in [-0.4, -0.2) is 35.4 Å². The zero-order chi connectivity index (χ0) is 24.1. The highest BCUT2D eigenvalue weighted by molar-refractivity contribution is 5.94. The van der Waals surface area contributed by atoms with Crippen LogP contribution in [0, 0.1) is 17.2 Å². The summed E-state index contributed by atoms with van der Waals surface area (Å²) in [5, 5.41) is 9.09. The van der Waals surface area contributed by atoms with E-state index in [2.05, 4.69) is 0 Å². The van der Waals surface area contributed by atoms with E-state index in [0.29, 0.717) is 16.0 Å². The summed E-state index contributed by atoms with van der Waals surface area (Å²) < 4.78 is 42.1. The Morgan fingerprint density at radius 2 is 1.53 bits per heavy atom. The topological polar surface area (TPSA) is 87.2 Å². The van der Waals surface area contributed by atoms with E-state index < -0.39 is 30.7 Å². The maximum absolute atomic E-state index is 14.0. The summed E-state index contributed by atoms with van der Waals surface area (Å²) in [6.45, 7) is 4.33. The van der Waals surface area contributed by atoms with Gasteiger partial charge in [-0.25, -0.2) is 0 Å². The number of carbonyl (C=O) groups excluding carboxylic acids is 2. The van der Waals surface area contributed by atoms with Gasteiger partial charge in [-0.3, -0.25) is 9.59 Å². The molecule has 2 N–H and O–H groups in total. The van der Waals surface area contributed by atoms with Crippen LogP contribution in [0.3, 0.4) is 0 Å². The van der Waals surface area contributed by atoms with E-state index in [1.807, 2.05) is 13.8 Å². The van der Waals surface area contributed by atoms with Gasteiger partial charge >= 0.3 is 6.18 Å². The minimum Gasteiger partial charge on any atom is -0.320 e. The quantitative estimate of drug-likeness (QED) is 0.463. The minimum absolute atomic E-state index is 0.0101. The Bertz CT molecular complexity index is 978. The predicted molar refractivity (Wildman–Crippen MR) is 115 cm³/mol. The molecule has 0 aliphatic carbocycles. The molecule has 0 aromatic heterocycles. The molecule has 2 rings (SSSR count). The van der Waals surface area contributed by atoms with Crippen molar-refractivity contribution in [1.29, 1.82) is 5.26 Å². The second-order valence-corrected chi connectivity index (χ2v) is 8.06. The molecule has 5 nitrogen and oxygen atoms in total. The number of rotatable bonds is 8. The lowest BCUT2D eigenvalue weighted by Gasteiger charge is -2.33. The predicted octanol–water partition coefficient (Wildman–Crippen LogP) is 4.89. The molecule has 0 aliphatic heterocycles. The van der Waals surface area contributed by atoms with Gasteiger partial charge in [0, 0.05) is 5.56 Å². The number of hydrogen-bond donors (Lipinski definition) is 1. The van der Waals surface area contributed by atoms with Crippen molar-refractivity contribution >= 4 is 11.7 Å².